The summed E-state index contributed by atoms with van der Waals surface area (Å²) in [6.07, 6.45) is -7.08. The van der Waals surface area contributed by atoms with E-state index in [0.717, 1.165) is 30.5 Å². The summed E-state index contributed by atoms with van der Waals surface area (Å²) >= 11 is 5.92. The zero-order chi connectivity index (χ0) is 23.1. The van der Waals surface area contributed by atoms with Gasteiger partial charge in [0.2, 0.25) is 5.28 Å². The molecule has 1 N–H and O–H groups in total. The van der Waals surface area contributed by atoms with E-state index in [1.54, 1.807) is 0 Å². The molecule has 0 spiro atoms. The third kappa shape index (κ3) is 4.40. The van der Waals surface area contributed by atoms with Crippen molar-refractivity contribution in [2.45, 2.75) is 12.4 Å². The highest BCUT2D eigenvalue weighted by Crippen LogP contribution is 2.36. The minimum Gasteiger partial charge on any atom is -0.338 e. The van der Waals surface area contributed by atoms with Crippen LogP contribution in [0.5, 0.6) is 0 Å². The lowest BCUT2D eigenvalue weighted by atomic mass is 10.1. The van der Waals surface area contributed by atoms with Crippen molar-refractivity contribution in [3.8, 4) is 11.4 Å². The molecule has 0 amide bonds. The number of halogens is 7. The molecule has 4 aromatic heterocycles. The summed E-state index contributed by atoms with van der Waals surface area (Å²) in [5.41, 5.74) is -2.40. The minimum atomic E-state index is -4.65. The molecular formula is C19H9ClF6N6. The monoisotopic (exact) mass is 470 g/mol. The maximum absolute atomic E-state index is 13.3. The van der Waals surface area contributed by atoms with Crippen molar-refractivity contribution >= 4 is 34.1 Å². The lowest BCUT2D eigenvalue weighted by Crippen LogP contribution is -2.09. The largest absolute Gasteiger partial charge is 0.433 e. The fraction of sp³-hybridized carbons (Fsp3) is 0.105. The third-order valence-corrected chi connectivity index (χ3v) is 4.37. The Bertz CT molecular complexity index is 1290. The van der Waals surface area contributed by atoms with Crippen LogP contribution in [0.2, 0.25) is 5.28 Å². The van der Waals surface area contributed by atoms with Crippen molar-refractivity contribution in [1.29, 1.82) is 0 Å². The molecule has 6 nitrogen and oxygen atoms in total. The molecule has 0 bridgehead atoms. The lowest BCUT2D eigenvalue weighted by molar-refractivity contribution is -0.141. The van der Waals surface area contributed by atoms with Gasteiger partial charge >= 0.3 is 12.4 Å². The van der Waals surface area contributed by atoms with Gasteiger partial charge in [-0.1, -0.05) is 0 Å². The van der Waals surface area contributed by atoms with Crippen LogP contribution in [0, 0.1) is 0 Å². The summed E-state index contributed by atoms with van der Waals surface area (Å²) < 4.78 is 78.0. The first-order chi connectivity index (χ1) is 15.0. The molecular weight excluding hydrogens is 462 g/mol. The van der Waals surface area contributed by atoms with Gasteiger partial charge in [0.05, 0.1) is 28.5 Å². The Labute approximate surface area is 180 Å². The Morgan fingerprint density at radius 1 is 0.812 bits per heavy atom. The van der Waals surface area contributed by atoms with Crippen LogP contribution >= 0.6 is 11.6 Å². The van der Waals surface area contributed by atoms with Crippen molar-refractivity contribution < 1.29 is 26.3 Å². The molecule has 13 heteroatoms. The summed E-state index contributed by atoms with van der Waals surface area (Å²) in [5.74, 6) is 0.0812. The second-order valence-corrected chi connectivity index (χ2v) is 6.70. The summed E-state index contributed by atoms with van der Waals surface area (Å²) in [7, 11) is 0. The minimum absolute atomic E-state index is 0.0383. The zero-order valence-corrected chi connectivity index (χ0v) is 16.3. The highest BCUT2D eigenvalue weighted by atomic mass is 35.5. The number of anilines is 2. The molecule has 4 aromatic rings. The molecule has 164 valence electrons. The van der Waals surface area contributed by atoms with Gasteiger partial charge in [0.1, 0.15) is 17.2 Å². The molecule has 4 heterocycles. The normalized spacial score (nSPS) is 12.2. The highest BCUT2D eigenvalue weighted by Gasteiger charge is 2.35. The van der Waals surface area contributed by atoms with Crippen molar-refractivity contribution in [2.24, 2.45) is 0 Å². The van der Waals surface area contributed by atoms with Crippen molar-refractivity contribution in [3.63, 3.8) is 0 Å². The molecule has 0 aliphatic rings. The van der Waals surface area contributed by atoms with Crippen LogP contribution in [0.4, 0.5) is 37.8 Å². The molecule has 0 aromatic carbocycles. The fourth-order valence-corrected chi connectivity index (χ4v) is 2.99. The molecule has 0 atom stereocenters. The Kier molecular flexibility index (Phi) is 5.33. The maximum atomic E-state index is 13.3. The summed E-state index contributed by atoms with van der Waals surface area (Å²) in [4.78, 5) is 19.2. The van der Waals surface area contributed by atoms with Crippen LogP contribution in [-0.2, 0) is 12.4 Å². The van der Waals surface area contributed by atoms with Gasteiger partial charge in [0.25, 0.3) is 0 Å². The quantitative estimate of drug-likeness (QED) is 0.296. The molecule has 0 aliphatic heterocycles. The number of alkyl halides is 6. The lowest BCUT2D eigenvalue weighted by Gasteiger charge is -2.13. The van der Waals surface area contributed by atoms with E-state index in [-0.39, 0.29) is 33.5 Å². The Morgan fingerprint density at radius 2 is 1.59 bits per heavy atom. The van der Waals surface area contributed by atoms with E-state index in [1.165, 1.54) is 18.3 Å². The van der Waals surface area contributed by atoms with Gasteiger partial charge in [-0.2, -0.15) is 36.3 Å². The number of hydrogen-bond donors (Lipinski definition) is 1. The first-order valence-electron chi connectivity index (χ1n) is 8.69. The van der Waals surface area contributed by atoms with Gasteiger partial charge < -0.3 is 5.32 Å². The maximum Gasteiger partial charge on any atom is 0.433 e. The van der Waals surface area contributed by atoms with Gasteiger partial charge in [0, 0.05) is 6.20 Å². The number of nitrogens with zero attached hydrogens (tertiary/aromatic N) is 5. The summed E-state index contributed by atoms with van der Waals surface area (Å²) in [6, 6.07) is 6.67. The first-order valence-corrected chi connectivity index (χ1v) is 9.07. The molecule has 0 unspecified atom stereocenters. The van der Waals surface area contributed by atoms with E-state index < -0.39 is 29.3 Å². The van der Waals surface area contributed by atoms with Gasteiger partial charge in [-0.3, -0.25) is 4.98 Å². The van der Waals surface area contributed by atoms with Gasteiger partial charge in [-0.15, -0.1) is 0 Å². The molecule has 0 radical (unpaired) electrons. The van der Waals surface area contributed by atoms with Gasteiger partial charge in [0.15, 0.2) is 5.65 Å². The fourth-order valence-electron chi connectivity index (χ4n) is 2.82. The average Bonchev–Trinajstić information content (AvgIpc) is 2.72. The number of fused-ring (bicyclic) bond motifs is 1. The Balaban J connectivity index is 1.75. The SMILES string of the molecule is FC(F)(F)c1ccc(Nc2nc(Cl)nc3nc(-c4ncccc4C(F)(F)F)ccc23)cn1. The van der Waals surface area contributed by atoms with Crippen LogP contribution < -0.4 is 5.32 Å². The van der Waals surface area contributed by atoms with Crippen molar-refractivity contribution in [2.75, 3.05) is 5.32 Å². The zero-order valence-electron chi connectivity index (χ0n) is 15.5. The molecule has 0 saturated heterocycles. The van der Waals surface area contributed by atoms with E-state index in [0.29, 0.717) is 0 Å². The van der Waals surface area contributed by atoms with E-state index >= 15 is 0 Å². The smallest absolute Gasteiger partial charge is 0.338 e. The number of nitrogens with one attached hydrogen (secondary N) is 1. The van der Waals surface area contributed by atoms with E-state index in [4.69, 9.17) is 11.6 Å². The first kappa shape index (κ1) is 21.7. The number of rotatable bonds is 3. The predicted octanol–water partition coefficient (Wildman–Crippen LogP) is 5.92. The van der Waals surface area contributed by atoms with Crippen LogP contribution in [0.1, 0.15) is 11.3 Å². The summed E-state index contributed by atoms with van der Waals surface area (Å²) in [6.45, 7) is 0. The van der Waals surface area contributed by atoms with Crippen molar-refractivity contribution in [3.05, 3.63) is 65.3 Å². The van der Waals surface area contributed by atoms with Crippen LogP contribution in [0.3, 0.4) is 0 Å². The second kappa shape index (κ2) is 7.86. The van der Waals surface area contributed by atoms with Crippen molar-refractivity contribution in [1.82, 2.24) is 24.9 Å². The second-order valence-electron chi connectivity index (χ2n) is 6.36. The van der Waals surface area contributed by atoms with Crippen LogP contribution in [0.25, 0.3) is 22.4 Å². The number of aromatic nitrogens is 5. The predicted molar refractivity (Wildman–Crippen MR) is 103 cm³/mol. The van der Waals surface area contributed by atoms with Gasteiger partial charge in [-0.05, 0) is 48.0 Å². The molecule has 0 aliphatic carbocycles. The van der Waals surface area contributed by atoms with E-state index in [9.17, 15) is 26.3 Å². The Morgan fingerprint density at radius 3 is 2.25 bits per heavy atom. The number of pyridine rings is 3. The van der Waals surface area contributed by atoms with E-state index in [2.05, 4.69) is 30.2 Å². The molecule has 32 heavy (non-hydrogen) atoms. The Hall–Kier alpha value is -3.54. The summed E-state index contributed by atoms with van der Waals surface area (Å²) in [5, 5.41) is 2.75. The van der Waals surface area contributed by atoms with E-state index in [1.807, 2.05) is 0 Å². The van der Waals surface area contributed by atoms with Crippen LogP contribution in [0.15, 0.2) is 48.8 Å². The van der Waals surface area contributed by atoms with Gasteiger partial charge in [-0.25, -0.2) is 9.97 Å². The number of hydrogen-bond acceptors (Lipinski definition) is 6. The molecule has 0 saturated carbocycles. The molecule has 4 rings (SSSR count). The van der Waals surface area contributed by atoms with Crippen LogP contribution in [-0.4, -0.2) is 24.9 Å². The average molecular weight is 471 g/mol. The highest BCUT2D eigenvalue weighted by molar-refractivity contribution is 6.28. The third-order valence-electron chi connectivity index (χ3n) is 4.20. The standard InChI is InChI=1S/C19H9ClF6N6/c20-17-31-15(29-9-3-6-13(28-8-9)19(24,25)26)10-4-5-12(30-16(10)32-17)14-11(18(21,22)23)2-1-7-27-14/h1-8H,(H,29,30,31,32). The molecule has 0 fully saturated rings. The topological polar surface area (TPSA) is 76.5 Å².